The van der Waals surface area contributed by atoms with E-state index in [1.807, 2.05) is 18.2 Å². The molecule has 2 aromatic carbocycles. The molecule has 1 aliphatic rings. The first kappa shape index (κ1) is 11.8. The molecule has 1 aliphatic carbocycles. The van der Waals surface area contributed by atoms with Crippen molar-refractivity contribution in [3.05, 3.63) is 59.2 Å². The number of fused-ring (bicyclic) bond motifs is 3. The summed E-state index contributed by atoms with van der Waals surface area (Å²) in [7, 11) is 0. The smallest absolute Gasteiger partial charge is 0.194 e. The highest BCUT2D eigenvalue weighted by Gasteiger charge is 2.26. The minimum absolute atomic E-state index is 0.00626. The molecule has 0 amide bonds. The molecule has 0 bridgehead atoms. The molecule has 0 aromatic heterocycles. The van der Waals surface area contributed by atoms with Crippen LogP contribution < -0.4 is 0 Å². The van der Waals surface area contributed by atoms with Gasteiger partial charge in [0.05, 0.1) is 6.61 Å². The lowest BCUT2D eigenvalue weighted by Crippen LogP contribution is -2.02. The molecule has 0 aliphatic heterocycles. The quantitative estimate of drug-likeness (QED) is 0.728. The van der Waals surface area contributed by atoms with Gasteiger partial charge in [-0.15, -0.1) is 0 Å². The fraction of sp³-hybridized carbons (Fsp3) is 0.125. The first-order chi connectivity index (χ1) is 9.22. The van der Waals surface area contributed by atoms with Crippen molar-refractivity contribution in [2.75, 3.05) is 6.61 Å². The Morgan fingerprint density at radius 3 is 2.37 bits per heavy atom. The lowest BCUT2D eigenvalue weighted by atomic mass is 10.00. The molecule has 0 atom stereocenters. The molecule has 0 saturated heterocycles. The van der Waals surface area contributed by atoms with Crippen LogP contribution in [0.2, 0.25) is 0 Å². The normalized spacial score (nSPS) is 12.2. The highest BCUT2D eigenvalue weighted by atomic mass is 16.3. The van der Waals surface area contributed by atoms with Crippen LogP contribution in [-0.2, 0) is 0 Å². The maximum Gasteiger partial charge on any atom is 0.194 e. The van der Waals surface area contributed by atoms with Gasteiger partial charge in [-0.05, 0) is 23.3 Å². The van der Waals surface area contributed by atoms with E-state index in [-0.39, 0.29) is 24.6 Å². The molecule has 0 unspecified atom stereocenters. The predicted octanol–water partition coefficient (Wildman–Crippen LogP) is 2.46. The molecular formula is C16H12O3. The number of carbonyl (C=O) groups excluding carboxylic acids is 2. The van der Waals surface area contributed by atoms with Crippen LogP contribution in [0.4, 0.5) is 0 Å². The fourth-order valence-corrected chi connectivity index (χ4v) is 2.45. The highest BCUT2D eigenvalue weighted by Crippen LogP contribution is 2.36. The van der Waals surface area contributed by atoms with Crippen LogP contribution in [-0.4, -0.2) is 23.3 Å². The number of hydrogen-bond acceptors (Lipinski definition) is 3. The van der Waals surface area contributed by atoms with Crippen LogP contribution >= 0.6 is 0 Å². The summed E-state index contributed by atoms with van der Waals surface area (Å²) in [5.74, 6) is -0.103. The molecule has 0 radical (unpaired) electrons. The molecule has 3 heteroatoms. The van der Waals surface area contributed by atoms with E-state index in [0.29, 0.717) is 16.7 Å². The monoisotopic (exact) mass is 252 g/mol. The van der Waals surface area contributed by atoms with Crippen LogP contribution in [0.5, 0.6) is 0 Å². The number of hydrogen-bond donors (Lipinski definition) is 1. The molecule has 94 valence electrons. The van der Waals surface area contributed by atoms with Crippen LogP contribution in [0, 0.1) is 0 Å². The van der Waals surface area contributed by atoms with Gasteiger partial charge >= 0.3 is 0 Å². The van der Waals surface area contributed by atoms with Gasteiger partial charge in [0.25, 0.3) is 0 Å². The van der Waals surface area contributed by atoms with Gasteiger partial charge in [-0.1, -0.05) is 30.3 Å². The van der Waals surface area contributed by atoms with E-state index in [0.717, 1.165) is 11.1 Å². The Morgan fingerprint density at radius 2 is 1.63 bits per heavy atom. The van der Waals surface area contributed by atoms with E-state index in [2.05, 4.69) is 0 Å². The van der Waals surface area contributed by atoms with Gasteiger partial charge in [0, 0.05) is 23.1 Å². The number of ketones is 2. The third kappa shape index (κ3) is 1.79. The highest BCUT2D eigenvalue weighted by molar-refractivity contribution is 6.22. The van der Waals surface area contributed by atoms with E-state index in [9.17, 15) is 9.59 Å². The fourth-order valence-electron chi connectivity index (χ4n) is 2.45. The lowest BCUT2D eigenvalue weighted by molar-refractivity contribution is 0.0955. The maximum atomic E-state index is 12.2. The summed E-state index contributed by atoms with van der Waals surface area (Å²) in [6, 6.07) is 12.5. The first-order valence-corrected chi connectivity index (χ1v) is 6.14. The Bertz CT molecular complexity index is 686. The summed E-state index contributed by atoms with van der Waals surface area (Å²) in [5.41, 5.74) is 3.55. The average molecular weight is 252 g/mol. The summed E-state index contributed by atoms with van der Waals surface area (Å²) in [4.78, 5) is 24.0. The van der Waals surface area contributed by atoms with Crippen molar-refractivity contribution >= 4 is 11.6 Å². The summed E-state index contributed by atoms with van der Waals surface area (Å²) < 4.78 is 0. The third-order valence-electron chi connectivity index (χ3n) is 3.39. The summed E-state index contributed by atoms with van der Waals surface area (Å²) in [6.07, 6.45) is 0.106. The van der Waals surface area contributed by atoms with Crippen molar-refractivity contribution in [1.29, 1.82) is 0 Å². The van der Waals surface area contributed by atoms with Gasteiger partial charge in [0.1, 0.15) is 0 Å². The van der Waals surface area contributed by atoms with Gasteiger partial charge in [0.15, 0.2) is 11.6 Å². The Morgan fingerprint density at radius 1 is 0.947 bits per heavy atom. The van der Waals surface area contributed by atoms with Crippen LogP contribution in [0.3, 0.4) is 0 Å². The lowest BCUT2D eigenvalue weighted by Gasteiger charge is -2.03. The van der Waals surface area contributed by atoms with Crippen LogP contribution in [0.1, 0.15) is 32.7 Å². The minimum atomic E-state index is -0.161. The zero-order valence-corrected chi connectivity index (χ0v) is 10.2. The molecule has 3 nitrogen and oxygen atoms in total. The average Bonchev–Trinajstić information content (AvgIpc) is 2.73. The van der Waals surface area contributed by atoms with Crippen molar-refractivity contribution in [3.8, 4) is 11.1 Å². The number of Topliss-reactive ketones (excluding diaryl/α,β-unsaturated/α-hetero) is 1. The first-order valence-electron chi connectivity index (χ1n) is 6.14. The van der Waals surface area contributed by atoms with Crippen molar-refractivity contribution in [2.45, 2.75) is 6.42 Å². The SMILES string of the molecule is O=C(CCO)c1ccc2c(c1)-c1ccccc1C2=O. The summed E-state index contributed by atoms with van der Waals surface area (Å²) >= 11 is 0. The molecule has 1 N–H and O–H groups in total. The molecule has 2 aromatic rings. The molecule has 0 heterocycles. The van der Waals surface area contributed by atoms with Crippen LogP contribution in [0.25, 0.3) is 11.1 Å². The second kappa shape index (κ2) is 4.44. The Hall–Kier alpha value is -2.26. The summed E-state index contributed by atoms with van der Waals surface area (Å²) in [6.45, 7) is -0.161. The standard InChI is InChI=1S/C16H12O3/c17-8-7-15(18)10-5-6-13-14(9-10)11-3-1-2-4-12(11)16(13)19/h1-6,9,17H,7-8H2. The second-order valence-electron chi connectivity index (χ2n) is 4.53. The van der Waals surface area contributed by atoms with E-state index < -0.39 is 0 Å². The molecule has 0 fully saturated rings. The Balaban J connectivity index is 2.13. The Kier molecular flexibility index (Phi) is 2.76. The number of carbonyl (C=O) groups is 2. The van der Waals surface area contributed by atoms with Gasteiger partial charge in [0.2, 0.25) is 0 Å². The van der Waals surface area contributed by atoms with Crippen LogP contribution in [0.15, 0.2) is 42.5 Å². The zero-order chi connectivity index (χ0) is 13.4. The number of aliphatic hydroxyl groups excluding tert-OH is 1. The van der Waals surface area contributed by atoms with E-state index in [1.54, 1.807) is 24.3 Å². The second-order valence-corrected chi connectivity index (χ2v) is 4.53. The van der Waals surface area contributed by atoms with E-state index in [1.165, 1.54) is 0 Å². The Labute approximate surface area is 110 Å². The minimum Gasteiger partial charge on any atom is -0.396 e. The number of rotatable bonds is 3. The number of aliphatic hydroxyl groups is 1. The van der Waals surface area contributed by atoms with Gasteiger partial charge in [-0.2, -0.15) is 0 Å². The third-order valence-corrected chi connectivity index (χ3v) is 3.39. The van der Waals surface area contributed by atoms with E-state index >= 15 is 0 Å². The topological polar surface area (TPSA) is 54.4 Å². The van der Waals surface area contributed by atoms with Gasteiger partial charge in [-0.3, -0.25) is 9.59 Å². The summed E-state index contributed by atoms with van der Waals surface area (Å²) in [5, 5.41) is 8.82. The van der Waals surface area contributed by atoms with Crippen molar-refractivity contribution in [2.24, 2.45) is 0 Å². The van der Waals surface area contributed by atoms with Crippen molar-refractivity contribution < 1.29 is 14.7 Å². The number of benzene rings is 2. The van der Waals surface area contributed by atoms with Crippen molar-refractivity contribution in [3.63, 3.8) is 0 Å². The zero-order valence-electron chi connectivity index (χ0n) is 10.2. The van der Waals surface area contributed by atoms with E-state index in [4.69, 9.17) is 5.11 Å². The van der Waals surface area contributed by atoms with Crippen molar-refractivity contribution in [1.82, 2.24) is 0 Å². The molecule has 3 rings (SSSR count). The maximum absolute atomic E-state index is 12.2. The molecule has 0 saturated carbocycles. The van der Waals surface area contributed by atoms with Gasteiger partial charge in [-0.25, -0.2) is 0 Å². The molecule has 19 heavy (non-hydrogen) atoms. The molecular weight excluding hydrogens is 240 g/mol. The molecule has 0 spiro atoms. The largest absolute Gasteiger partial charge is 0.396 e. The van der Waals surface area contributed by atoms with Gasteiger partial charge < -0.3 is 5.11 Å². The predicted molar refractivity (Wildman–Crippen MR) is 71.3 cm³/mol.